The number of carboxylic acid groups (broad SMARTS) is 1. The number of aryl methyl sites for hydroxylation is 1. The Morgan fingerprint density at radius 2 is 1.52 bits per heavy atom. The molecule has 0 saturated heterocycles. The molecule has 0 amide bonds. The van der Waals surface area contributed by atoms with Crippen LogP contribution in [0.3, 0.4) is 0 Å². The molecule has 1 aromatic rings. The lowest BCUT2D eigenvalue weighted by Crippen LogP contribution is -2.08. The number of hydrogen-bond acceptors (Lipinski definition) is 4. The molecule has 27 heavy (non-hydrogen) atoms. The number of aromatic hydroxyl groups is 1. The molecular formula is C22H36O5. The quantitative estimate of drug-likeness (QED) is 0.219. The van der Waals surface area contributed by atoms with Gasteiger partial charge in [0.1, 0.15) is 0 Å². The van der Waals surface area contributed by atoms with E-state index in [9.17, 15) is 9.90 Å². The lowest BCUT2D eigenvalue weighted by atomic mass is 9.95. The molecular weight excluding hydrogens is 344 g/mol. The van der Waals surface area contributed by atoms with Crippen molar-refractivity contribution in [3.05, 3.63) is 17.2 Å². The Kier molecular flexibility index (Phi) is 11.4. The van der Waals surface area contributed by atoms with Crippen molar-refractivity contribution in [2.24, 2.45) is 0 Å². The lowest BCUT2D eigenvalue weighted by molar-refractivity contribution is 0.142. The van der Waals surface area contributed by atoms with Gasteiger partial charge in [-0.15, -0.1) is 0 Å². The Labute approximate surface area is 163 Å². The second-order valence-corrected chi connectivity index (χ2v) is 7.03. The van der Waals surface area contributed by atoms with E-state index in [-0.39, 0.29) is 11.5 Å². The second-order valence-electron chi connectivity index (χ2n) is 7.03. The summed E-state index contributed by atoms with van der Waals surface area (Å²) in [6.07, 6.45) is 9.74. The summed E-state index contributed by atoms with van der Waals surface area (Å²) in [7, 11) is 0. The molecule has 0 spiro atoms. The van der Waals surface area contributed by atoms with Crippen molar-refractivity contribution in [2.45, 2.75) is 91.4 Å². The molecule has 0 saturated carbocycles. The summed E-state index contributed by atoms with van der Waals surface area (Å²) in [5, 5.41) is 19.6. The van der Waals surface area contributed by atoms with E-state index in [2.05, 4.69) is 20.8 Å². The van der Waals surface area contributed by atoms with Crippen LogP contribution in [0.1, 0.15) is 89.7 Å². The Morgan fingerprint density at radius 3 is 2.11 bits per heavy atom. The van der Waals surface area contributed by atoms with Gasteiger partial charge >= 0.3 is 6.16 Å². The predicted octanol–water partition coefficient (Wildman–Crippen LogP) is 6.48. The third-order valence-corrected chi connectivity index (χ3v) is 4.69. The Morgan fingerprint density at radius 1 is 0.926 bits per heavy atom. The molecule has 1 rings (SSSR count). The normalized spacial score (nSPS) is 10.8. The maximum Gasteiger partial charge on any atom is 0.511 e. The van der Waals surface area contributed by atoms with Crippen LogP contribution in [0.5, 0.6) is 17.2 Å². The second kappa shape index (κ2) is 13.3. The van der Waals surface area contributed by atoms with Crippen molar-refractivity contribution >= 4 is 6.16 Å². The Bertz CT molecular complexity index is 568. The molecule has 0 atom stereocenters. The molecule has 0 radical (unpaired) electrons. The van der Waals surface area contributed by atoms with E-state index < -0.39 is 6.16 Å². The highest BCUT2D eigenvalue weighted by atomic mass is 16.7. The number of benzene rings is 1. The molecule has 154 valence electrons. The van der Waals surface area contributed by atoms with Gasteiger partial charge in [-0.25, -0.2) is 4.79 Å². The van der Waals surface area contributed by atoms with Gasteiger partial charge in [-0.3, -0.25) is 0 Å². The number of carbonyl (C=O) groups is 1. The Balaban J connectivity index is 3.21. The van der Waals surface area contributed by atoms with E-state index in [0.717, 1.165) is 81.8 Å². The maximum atomic E-state index is 11.0. The van der Waals surface area contributed by atoms with E-state index in [1.807, 2.05) is 0 Å². The van der Waals surface area contributed by atoms with Gasteiger partial charge in [0.2, 0.25) is 5.75 Å². The monoisotopic (exact) mass is 380 g/mol. The van der Waals surface area contributed by atoms with E-state index in [1.54, 1.807) is 6.07 Å². The zero-order valence-corrected chi connectivity index (χ0v) is 17.2. The van der Waals surface area contributed by atoms with Crippen molar-refractivity contribution in [1.29, 1.82) is 0 Å². The molecule has 0 aromatic heterocycles. The average molecular weight is 381 g/mol. The first-order chi connectivity index (χ1) is 13.0. The van der Waals surface area contributed by atoms with Gasteiger partial charge in [-0.1, -0.05) is 59.3 Å². The third kappa shape index (κ3) is 8.10. The molecule has 5 heteroatoms. The SMILES string of the molecule is CCCCCOc1c(O)c(OC(=O)O)cc(CCCCC)c1CCCCC. The summed E-state index contributed by atoms with van der Waals surface area (Å²) in [6, 6.07) is 1.68. The molecule has 0 aliphatic carbocycles. The van der Waals surface area contributed by atoms with Crippen LogP contribution in [0, 0.1) is 0 Å². The molecule has 0 unspecified atom stereocenters. The van der Waals surface area contributed by atoms with Crippen LogP contribution in [-0.4, -0.2) is 23.0 Å². The minimum Gasteiger partial charge on any atom is -0.502 e. The van der Waals surface area contributed by atoms with Gasteiger partial charge in [0.15, 0.2) is 11.5 Å². The largest absolute Gasteiger partial charge is 0.511 e. The maximum absolute atomic E-state index is 11.0. The summed E-state index contributed by atoms with van der Waals surface area (Å²) >= 11 is 0. The lowest BCUT2D eigenvalue weighted by Gasteiger charge is -2.19. The molecule has 2 N–H and O–H groups in total. The van der Waals surface area contributed by atoms with Crippen LogP contribution >= 0.6 is 0 Å². The van der Waals surface area contributed by atoms with Gasteiger partial charge in [0.25, 0.3) is 0 Å². The van der Waals surface area contributed by atoms with Crippen LogP contribution in [0.4, 0.5) is 4.79 Å². The summed E-state index contributed by atoms with van der Waals surface area (Å²) in [5.74, 6) is 0.186. The van der Waals surface area contributed by atoms with E-state index in [4.69, 9.17) is 14.6 Å². The van der Waals surface area contributed by atoms with E-state index in [0.29, 0.717) is 12.4 Å². The van der Waals surface area contributed by atoms with Crippen LogP contribution in [0.15, 0.2) is 6.07 Å². The first-order valence-electron chi connectivity index (χ1n) is 10.5. The summed E-state index contributed by atoms with van der Waals surface area (Å²) in [5.41, 5.74) is 2.03. The third-order valence-electron chi connectivity index (χ3n) is 4.69. The fraction of sp³-hybridized carbons (Fsp3) is 0.682. The smallest absolute Gasteiger partial charge is 0.502 e. The minimum atomic E-state index is -1.43. The topological polar surface area (TPSA) is 76.0 Å². The fourth-order valence-electron chi connectivity index (χ4n) is 3.18. The van der Waals surface area contributed by atoms with Crippen LogP contribution in [0.25, 0.3) is 0 Å². The molecule has 0 aliphatic rings. The standard InChI is InChI=1S/C22H36O5/c1-4-7-10-13-17-16-19(27-22(24)25)20(23)21(26-15-12-9-6-3)18(17)14-11-8-5-2/h16,23H,4-15H2,1-3H3,(H,24,25). The van der Waals surface area contributed by atoms with Gasteiger partial charge < -0.3 is 19.7 Å². The van der Waals surface area contributed by atoms with E-state index in [1.165, 1.54) is 0 Å². The van der Waals surface area contributed by atoms with E-state index >= 15 is 0 Å². The van der Waals surface area contributed by atoms with Crippen LogP contribution in [0.2, 0.25) is 0 Å². The highest BCUT2D eigenvalue weighted by Crippen LogP contribution is 2.43. The number of phenols is 1. The number of rotatable bonds is 14. The molecule has 5 nitrogen and oxygen atoms in total. The van der Waals surface area contributed by atoms with Gasteiger partial charge in [-0.05, 0) is 43.7 Å². The zero-order valence-electron chi connectivity index (χ0n) is 17.2. The highest BCUT2D eigenvalue weighted by molar-refractivity contribution is 5.66. The highest BCUT2D eigenvalue weighted by Gasteiger charge is 2.21. The van der Waals surface area contributed by atoms with Gasteiger partial charge in [-0.2, -0.15) is 0 Å². The van der Waals surface area contributed by atoms with Crippen molar-refractivity contribution in [2.75, 3.05) is 6.61 Å². The van der Waals surface area contributed by atoms with Gasteiger partial charge in [0.05, 0.1) is 6.61 Å². The van der Waals surface area contributed by atoms with Crippen molar-refractivity contribution < 1.29 is 24.5 Å². The number of hydrogen-bond donors (Lipinski definition) is 2. The van der Waals surface area contributed by atoms with Crippen molar-refractivity contribution in [3.8, 4) is 17.2 Å². The molecule has 0 heterocycles. The van der Waals surface area contributed by atoms with Gasteiger partial charge in [0, 0.05) is 5.56 Å². The number of phenolic OH excluding ortho intramolecular Hbond substituents is 1. The minimum absolute atomic E-state index is 0.0290. The Hall–Kier alpha value is -1.91. The summed E-state index contributed by atoms with van der Waals surface area (Å²) in [4.78, 5) is 11.0. The molecule has 0 fully saturated rings. The van der Waals surface area contributed by atoms with Crippen LogP contribution < -0.4 is 9.47 Å². The summed E-state index contributed by atoms with van der Waals surface area (Å²) in [6.45, 7) is 6.94. The number of unbranched alkanes of at least 4 members (excludes halogenated alkanes) is 6. The average Bonchev–Trinajstić information content (AvgIpc) is 2.63. The summed E-state index contributed by atoms with van der Waals surface area (Å²) < 4.78 is 10.8. The molecule has 0 aliphatic heterocycles. The molecule has 0 bridgehead atoms. The first-order valence-corrected chi connectivity index (χ1v) is 10.5. The number of ether oxygens (including phenoxy) is 2. The fourth-order valence-corrected chi connectivity index (χ4v) is 3.18. The zero-order chi connectivity index (χ0) is 20.1. The predicted molar refractivity (Wildman–Crippen MR) is 108 cm³/mol. The van der Waals surface area contributed by atoms with Crippen molar-refractivity contribution in [1.82, 2.24) is 0 Å². The van der Waals surface area contributed by atoms with Crippen LogP contribution in [-0.2, 0) is 12.8 Å². The first kappa shape index (κ1) is 23.1. The molecule has 1 aromatic carbocycles. The van der Waals surface area contributed by atoms with Crippen molar-refractivity contribution in [3.63, 3.8) is 0 Å².